The lowest BCUT2D eigenvalue weighted by atomic mass is 10.1. The molecule has 0 radical (unpaired) electrons. The molecule has 0 aliphatic heterocycles. The van der Waals surface area contributed by atoms with Gasteiger partial charge in [0.2, 0.25) is 0 Å². The highest BCUT2D eigenvalue weighted by atomic mass is 35.5. The van der Waals surface area contributed by atoms with Crippen LogP contribution in [-0.2, 0) is 6.54 Å². The van der Waals surface area contributed by atoms with Crippen molar-refractivity contribution in [1.29, 1.82) is 0 Å². The van der Waals surface area contributed by atoms with Gasteiger partial charge in [0.15, 0.2) is 5.22 Å². The fraction of sp³-hybridized carbons (Fsp3) is 0.667. The molecular formula is C12H18ClNO. The van der Waals surface area contributed by atoms with E-state index in [1.165, 1.54) is 38.5 Å². The van der Waals surface area contributed by atoms with Crippen molar-refractivity contribution in [2.24, 2.45) is 0 Å². The Kier molecular flexibility index (Phi) is 4.09. The van der Waals surface area contributed by atoms with Crippen LogP contribution in [0.4, 0.5) is 0 Å². The monoisotopic (exact) mass is 227 g/mol. The van der Waals surface area contributed by atoms with Crippen molar-refractivity contribution in [1.82, 2.24) is 5.32 Å². The van der Waals surface area contributed by atoms with Crippen LogP contribution < -0.4 is 5.32 Å². The van der Waals surface area contributed by atoms with Crippen molar-refractivity contribution in [2.75, 3.05) is 0 Å². The van der Waals surface area contributed by atoms with Crippen molar-refractivity contribution in [2.45, 2.75) is 51.1 Å². The zero-order valence-electron chi connectivity index (χ0n) is 8.97. The molecule has 0 aromatic carbocycles. The van der Waals surface area contributed by atoms with E-state index < -0.39 is 0 Å². The zero-order chi connectivity index (χ0) is 10.5. The molecule has 1 aliphatic rings. The summed E-state index contributed by atoms with van der Waals surface area (Å²) in [7, 11) is 0. The minimum Gasteiger partial charge on any atom is -0.448 e. The Morgan fingerprint density at radius 2 is 1.93 bits per heavy atom. The molecule has 0 saturated heterocycles. The second kappa shape index (κ2) is 5.57. The molecule has 0 unspecified atom stereocenters. The Hall–Kier alpha value is -0.470. The van der Waals surface area contributed by atoms with Crippen LogP contribution in [0.5, 0.6) is 0 Å². The summed E-state index contributed by atoms with van der Waals surface area (Å²) in [6, 6.07) is 4.40. The van der Waals surface area contributed by atoms with Gasteiger partial charge in [-0.2, -0.15) is 0 Å². The molecule has 1 fully saturated rings. The second-order valence-corrected chi connectivity index (χ2v) is 4.65. The summed E-state index contributed by atoms with van der Waals surface area (Å²) in [6.07, 6.45) is 8.10. The first-order chi connectivity index (χ1) is 7.34. The molecule has 0 bridgehead atoms. The van der Waals surface area contributed by atoms with E-state index >= 15 is 0 Å². The minimum atomic E-state index is 0.479. The molecule has 15 heavy (non-hydrogen) atoms. The normalized spacial score (nSPS) is 19.0. The first-order valence-corrected chi connectivity index (χ1v) is 6.20. The zero-order valence-corrected chi connectivity index (χ0v) is 9.72. The summed E-state index contributed by atoms with van der Waals surface area (Å²) >= 11 is 5.71. The average molecular weight is 228 g/mol. The number of hydrogen-bond acceptors (Lipinski definition) is 2. The quantitative estimate of drug-likeness (QED) is 0.796. The molecule has 0 atom stereocenters. The van der Waals surface area contributed by atoms with Gasteiger partial charge in [-0.15, -0.1) is 0 Å². The van der Waals surface area contributed by atoms with Crippen LogP contribution in [0, 0.1) is 0 Å². The number of rotatable bonds is 3. The minimum absolute atomic E-state index is 0.479. The third-order valence-corrected chi connectivity index (χ3v) is 3.25. The molecular weight excluding hydrogens is 210 g/mol. The van der Waals surface area contributed by atoms with E-state index in [0.717, 1.165) is 12.3 Å². The highest BCUT2D eigenvalue weighted by molar-refractivity contribution is 6.28. The third-order valence-electron chi connectivity index (χ3n) is 3.05. The van der Waals surface area contributed by atoms with Crippen LogP contribution >= 0.6 is 11.6 Å². The third kappa shape index (κ3) is 3.54. The Bertz CT molecular complexity index is 290. The molecule has 1 heterocycles. The van der Waals surface area contributed by atoms with Crippen LogP contribution in [0.25, 0.3) is 0 Å². The van der Waals surface area contributed by atoms with Crippen molar-refractivity contribution in [3.63, 3.8) is 0 Å². The fourth-order valence-corrected chi connectivity index (χ4v) is 2.34. The van der Waals surface area contributed by atoms with Crippen LogP contribution in [0.3, 0.4) is 0 Å². The van der Waals surface area contributed by atoms with Gasteiger partial charge in [0, 0.05) is 6.04 Å². The van der Waals surface area contributed by atoms with Crippen molar-refractivity contribution >= 4 is 11.6 Å². The van der Waals surface area contributed by atoms with E-state index in [4.69, 9.17) is 16.0 Å². The van der Waals surface area contributed by atoms with Crippen molar-refractivity contribution in [3.05, 3.63) is 23.1 Å². The molecule has 1 aromatic heterocycles. The highest BCUT2D eigenvalue weighted by Gasteiger charge is 2.11. The Labute approximate surface area is 96.0 Å². The van der Waals surface area contributed by atoms with Gasteiger partial charge in [-0.25, -0.2) is 0 Å². The topological polar surface area (TPSA) is 25.2 Å². The maximum absolute atomic E-state index is 5.71. The molecule has 0 amide bonds. The van der Waals surface area contributed by atoms with E-state index in [-0.39, 0.29) is 0 Å². The summed E-state index contributed by atoms with van der Waals surface area (Å²) < 4.78 is 5.31. The van der Waals surface area contributed by atoms with Gasteiger partial charge in [-0.1, -0.05) is 25.7 Å². The van der Waals surface area contributed by atoms with E-state index in [9.17, 15) is 0 Å². The maximum Gasteiger partial charge on any atom is 0.193 e. The smallest absolute Gasteiger partial charge is 0.193 e. The van der Waals surface area contributed by atoms with Crippen molar-refractivity contribution < 1.29 is 4.42 Å². The first kappa shape index (κ1) is 11.0. The molecule has 1 N–H and O–H groups in total. The molecule has 1 saturated carbocycles. The molecule has 3 heteroatoms. The van der Waals surface area contributed by atoms with E-state index in [2.05, 4.69) is 5.32 Å². The Morgan fingerprint density at radius 3 is 2.53 bits per heavy atom. The van der Waals surface area contributed by atoms with E-state index in [1.807, 2.05) is 6.07 Å². The molecule has 2 rings (SSSR count). The summed E-state index contributed by atoms with van der Waals surface area (Å²) in [5.74, 6) is 0.934. The lowest BCUT2D eigenvalue weighted by Gasteiger charge is -2.14. The Balaban J connectivity index is 1.76. The van der Waals surface area contributed by atoms with Gasteiger partial charge >= 0.3 is 0 Å². The van der Waals surface area contributed by atoms with Crippen LogP contribution in [0.15, 0.2) is 16.5 Å². The molecule has 1 aliphatic carbocycles. The standard InChI is InChI=1S/C12H18ClNO/c13-12-8-7-11(15-12)9-14-10-5-3-1-2-4-6-10/h7-8,10,14H,1-6,9H2. The predicted molar refractivity (Wildman–Crippen MR) is 62.0 cm³/mol. The number of hydrogen-bond donors (Lipinski definition) is 1. The van der Waals surface area contributed by atoms with Gasteiger partial charge in [0.25, 0.3) is 0 Å². The summed E-state index contributed by atoms with van der Waals surface area (Å²) in [5.41, 5.74) is 0. The van der Waals surface area contributed by atoms with Crippen LogP contribution in [0.1, 0.15) is 44.3 Å². The fourth-order valence-electron chi connectivity index (χ4n) is 2.18. The first-order valence-electron chi connectivity index (χ1n) is 5.82. The Morgan fingerprint density at radius 1 is 1.20 bits per heavy atom. The maximum atomic E-state index is 5.71. The van der Waals surface area contributed by atoms with Gasteiger partial charge in [-0.05, 0) is 36.6 Å². The van der Waals surface area contributed by atoms with Gasteiger partial charge in [0.1, 0.15) is 5.76 Å². The lowest BCUT2D eigenvalue weighted by molar-refractivity contribution is 0.417. The summed E-state index contributed by atoms with van der Waals surface area (Å²) in [5, 5.41) is 4.02. The number of nitrogens with one attached hydrogen (secondary N) is 1. The van der Waals surface area contributed by atoms with Gasteiger partial charge in [0.05, 0.1) is 6.54 Å². The van der Waals surface area contributed by atoms with Crippen LogP contribution in [0.2, 0.25) is 5.22 Å². The number of furan rings is 1. The molecule has 2 nitrogen and oxygen atoms in total. The van der Waals surface area contributed by atoms with Gasteiger partial charge in [-0.3, -0.25) is 0 Å². The summed E-state index contributed by atoms with van der Waals surface area (Å²) in [4.78, 5) is 0. The molecule has 0 spiro atoms. The highest BCUT2D eigenvalue weighted by Crippen LogP contribution is 2.18. The molecule has 1 aromatic rings. The average Bonchev–Trinajstić information content (AvgIpc) is 2.52. The van der Waals surface area contributed by atoms with Crippen LogP contribution in [-0.4, -0.2) is 6.04 Å². The number of halogens is 1. The van der Waals surface area contributed by atoms with Gasteiger partial charge < -0.3 is 9.73 Å². The van der Waals surface area contributed by atoms with E-state index in [1.54, 1.807) is 6.07 Å². The SMILES string of the molecule is Clc1ccc(CNC2CCCCCC2)o1. The summed E-state index contributed by atoms with van der Waals surface area (Å²) in [6.45, 7) is 0.803. The lowest BCUT2D eigenvalue weighted by Crippen LogP contribution is -2.27. The van der Waals surface area contributed by atoms with Crippen molar-refractivity contribution in [3.8, 4) is 0 Å². The van der Waals surface area contributed by atoms with E-state index in [0.29, 0.717) is 11.3 Å². The largest absolute Gasteiger partial charge is 0.448 e. The second-order valence-electron chi connectivity index (χ2n) is 4.28. The molecule has 84 valence electrons. The predicted octanol–water partition coefficient (Wildman–Crippen LogP) is 3.75.